The molecule has 1 unspecified atom stereocenters. The van der Waals surface area contributed by atoms with Crippen LogP contribution in [0, 0.1) is 0 Å². The molecule has 0 aliphatic carbocycles. The first-order chi connectivity index (χ1) is 15.6. The van der Waals surface area contributed by atoms with Gasteiger partial charge in [-0.15, -0.1) is 0 Å². The van der Waals surface area contributed by atoms with Crippen LogP contribution >= 0.6 is 11.6 Å². The minimum Gasteiger partial charge on any atom is -0.387 e. The molecule has 0 aromatic heterocycles. The maximum Gasteiger partial charge on any atom is 0.298 e. The Hall–Kier alpha value is -3.09. The third kappa shape index (κ3) is 5.83. The number of benzene rings is 3. The van der Waals surface area contributed by atoms with Crippen LogP contribution in [0.5, 0.6) is 0 Å². The highest BCUT2D eigenvalue weighted by molar-refractivity contribution is 6.34. The molecule has 3 rings (SSSR count). The Balaban J connectivity index is 1.61. The number of carbonyl (C=O) groups is 2. The van der Waals surface area contributed by atoms with E-state index >= 15 is 0 Å². The van der Waals surface area contributed by atoms with Crippen molar-refractivity contribution in [3.63, 3.8) is 0 Å². The summed E-state index contributed by atoms with van der Waals surface area (Å²) in [6, 6.07) is 19.2. The lowest BCUT2D eigenvalue weighted by Gasteiger charge is -2.19. The fourth-order valence-corrected chi connectivity index (χ4v) is 3.66. The third-order valence-electron chi connectivity index (χ3n) is 5.39. The van der Waals surface area contributed by atoms with Crippen LogP contribution in [0.1, 0.15) is 34.0 Å². The zero-order valence-electron chi connectivity index (χ0n) is 18.3. The molecule has 0 saturated heterocycles. The fraction of sp³-hybridized carbons (Fsp3) is 0.231. The van der Waals surface area contributed by atoms with E-state index in [2.05, 4.69) is 0 Å². The maximum absolute atomic E-state index is 13.9. The van der Waals surface area contributed by atoms with E-state index in [1.165, 1.54) is 29.2 Å². The molecule has 0 spiro atoms. The first kappa shape index (κ1) is 24.6. The van der Waals surface area contributed by atoms with Crippen molar-refractivity contribution >= 4 is 29.0 Å². The fourth-order valence-electron chi connectivity index (χ4n) is 3.40. The van der Waals surface area contributed by atoms with Crippen molar-refractivity contribution in [1.82, 2.24) is 0 Å². The van der Waals surface area contributed by atoms with Gasteiger partial charge in [0.2, 0.25) is 0 Å². The maximum atomic E-state index is 13.9. The lowest BCUT2D eigenvalue weighted by atomic mass is 9.98. The zero-order chi connectivity index (χ0) is 24.2. The third-order valence-corrected chi connectivity index (χ3v) is 5.71. The molecule has 33 heavy (non-hydrogen) atoms. The second-order valence-corrected chi connectivity index (χ2v) is 8.31. The minimum absolute atomic E-state index is 0.0858. The van der Waals surface area contributed by atoms with Crippen molar-refractivity contribution in [2.45, 2.75) is 31.8 Å². The van der Waals surface area contributed by atoms with Gasteiger partial charge in [0.1, 0.15) is 11.9 Å². The summed E-state index contributed by atoms with van der Waals surface area (Å²) in [6.45, 7) is 1.03. The molecule has 0 bridgehead atoms. The number of para-hydroxylation sites is 1. The van der Waals surface area contributed by atoms with E-state index < -0.39 is 12.0 Å². The molecule has 172 valence electrons. The van der Waals surface area contributed by atoms with Gasteiger partial charge >= 0.3 is 0 Å². The Bertz CT molecular complexity index is 1130. The SMILES string of the molecule is CC(O)C(F)(F)c1ccc(CC(=O)Cc2ccc(C(=O)N(C)c3ccccc3Cl)cc2)cc1. The number of aliphatic hydroxyl groups excluding tert-OH is 1. The van der Waals surface area contributed by atoms with Gasteiger partial charge in [-0.25, -0.2) is 0 Å². The minimum atomic E-state index is -3.35. The van der Waals surface area contributed by atoms with Crippen LogP contribution in [0.3, 0.4) is 0 Å². The van der Waals surface area contributed by atoms with Crippen LogP contribution in [0.4, 0.5) is 14.5 Å². The summed E-state index contributed by atoms with van der Waals surface area (Å²) in [6.07, 6.45) is -1.55. The van der Waals surface area contributed by atoms with Gasteiger partial charge in [-0.05, 0) is 42.3 Å². The van der Waals surface area contributed by atoms with Crippen molar-refractivity contribution in [2.75, 3.05) is 11.9 Å². The second-order valence-electron chi connectivity index (χ2n) is 7.90. The number of Topliss-reactive ketones (excluding diaryl/α,β-unsaturated/α-hetero) is 1. The van der Waals surface area contributed by atoms with Crippen molar-refractivity contribution in [3.8, 4) is 0 Å². The van der Waals surface area contributed by atoms with E-state index in [9.17, 15) is 23.5 Å². The molecule has 0 saturated carbocycles. The normalized spacial score (nSPS) is 12.3. The summed E-state index contributed by atoms with van der Waals surface area (Å²) in [5, 5.41) is 9.70. The molecular formula is C26H24ClF2NO3. The summed E-state index contributed by atoms with van der Waals surface area (Å²) < 4.78 is 27.7. The number of hydrogen-bond acceptors (Lipinski definition) is 3. The molecule has 1 amide bonds. The van der Waals surface area contributed by atoms with E-state index in [0.29, 0.717) is 21.8 Å². The summed E-state index contributed by atoms with van der Waals surface area (Å²) >= 11 is 6.16. The van der Waals surface area contributed by atoms with Crippen LogP contribution in [-0.4, -0.2) is 29.9 Å². The highest BCUT2D eigenvalue weighted by atomic mass is 35.5. The molecule has 0 aliphatic rings. The number of nitrogens with zero attached hydrogens (tertiary/aromatic N) is 1. The molecule has 0 aliphatic heterocycles. The average Bonchev–Trinajstić information content (AvgIpc) is 2.79. The molecule has 1 N–H and O–H groups in total. The lowest BCUT2D eigenvalue weighted by Crippen LogP contribution is -2.27. The number of halogens is 3. The predicted molar refractivity (Wildman–Crippen MR) is 125 cm³/mol. The van der Waals surface area contributed by atoms with E-state index in [-0.39, 0.29) is 30.1 Å². The van der Waals surface area contributed by atoms with Gasteiger partial charge in [-0.1, -0.05) is 60.1 Å². The highest BCUT2D eigenvalue weighted by Crippen LogP contribution is 2.31. The van der Waals surface area contributed by atoms with Gasteiger partial charge in [0.25, 0.3) is 11.8 Å². The van der Waals surface area contributed by atoms with E-state index in [4.69, 9.17) is 11.6 Å². The van der Waals surface area contributed by atoms with Gasteiger partial charge in [0, 0.05) is 31.0 Å². The summed E-state index contributed by atoms with van der Waals surface area (Å²) in [5.74, 6) is -3.66. The molecule has 3 aromatic carbocycles. The summed E-state index contributed by atoms with van der Waals surface area (Å²) in [5.41, 5.74) is 2.12. The number of amides is 1. The Kier molecular flexibility index (Phi) is 7.61. The topological polar surface area (TPSA) is 57.6 Å². The molecular weight excluding hydrogens is 448 g/mol. The number of anilines is 1. The van der Waals surface area contributed by atoms with Crippen molar-refractivity contribution in [1.29, 1.82) is 0 Å². The highest BCUT2D eigenvalue weighted by Gasteiger charge is 2.37. The molecule has 0 radical (unpaired) electrons. The standard InChI is InChI=1S/C26H24ClF2NO3/c1-17(31)26(28,29)21-13-9-19(10-14-21)16-22(32)15-18-7-11-20(12-8-18)25(33)30(2)24-6-4-3-5-23(24)27/h3-14,17,31H,15-16H2,1-2H3. The van der Waals surface area contributed by atoms with Crippen molar-refractivity contribution in [3.05, 3.63) is 100 Å². The van der Waals surface area contributed by atoms with Gasteiger partial charge in [-0.2, -0.15) is 8.78 Å². The van der Waals surface area contributed by atoms with E-state index in [0.717, 1.165) is 12.5 Å². The zero-order valence-corrected chi connectivity index (χ0v) is 19.0. The number of ketones is 1. The monoisotopic (exact) mass is 471 g/mol. The predicted octanol–water partition coefficient (Wildman–Crippen LogP) is 5.44. The van der Waals surface area contributed by atoms with Crippen LogP contribution in [0.2, 0.25) is 5.02 Å². The number of hydrogen-bond donors (Lipinski definition) is 1. The molecule has 7 heteroatoms. The first-order valence-electron chi connectivity index (χ1n) is 10.4. The number of aliphatic hydroxyl groups is 1. The van der Waals surface area contributed by atoms with Crippen LogP contribution in [0.25, 0.3) is 0 Å². The molecule has 4 nitrogen and oxygen atoms in total. The van der Waals surface area contributed by atoms with Crippen LogP contribution in [-0.2, 0) is 23.6 Å². The molecule has 3 aromatic rings. The molecule has 1 atom stereocenters. The van der Waals surface area contributed by atoms with Gasteiger partial charge < -0.3 is 10.0 Å². The Morgan fingerprint density at radius 3 is 1.97 bits per heavy atom. The number of rotatable bonds is 8. The van der Waals surface area contributed by atoms with E-state index in [1.54, 1.807) is 55.6 Å². The van der Waals surface area contributed by atoms with Crippen LogP contribution < -0.4 is 4.90 Å². The van der Waals surface area contributed by atoms with Gasteiger partial charge in [0.15, 0.2) is 0 Å². The van der Waals surface area contributed by atoms with Gasteiger partial charge in [0.05, 0.1) is 10.7 Å². The Labute approximate surface area is 196 Å². The van der Waals surface area contributed by atoms with Crippen LogP contribution in [0.15, 0.2) is 72.8 Å². The van der Waals surface area contributed by atoms with Crippen molar-refractivity contribution in [2.24, 2.45) is 0 Å². The van der Waals surface area contributed by atoms with E-state index in [1.807, 2.05) is 0 Å². The molecule has 0 heterocycles. The lowest BCUT2D eigenvalue weighted by molar-refractivity contribution is -0.117. The smallest absolute Gasteiger partial charge is 0.298 e. The molecule has 0 fully saturated rings. The van der Waals surface area contributed by atoms with Gasteiger partial charge in [-0.3, -0.25) is 9.59 Å². The quantitative estimate of drug-likeness (QED) is 0.475. The summed E-state index contributed by atoms with van der Waals surface area (Å²) in [4.78, 5) is 26.7. The first-order valence-corrected chi connectivity index (χ1v) is 10.8. The Morgan fingerprint density at radius 2 is 1.45 bits per heavy atom. The average molecular weight is 472 g/mol. The Morgan fingerprint density at radius 1 is 0.939 bits per heavy atom. The largest absolute Gasteiger partial charge is 0.387 e. The number of carbonyl (C=O) groups excluding carboxylic acids is 2. The summed E-state index contributed by atoms with van der Waals surface area (Å²) in [7, 11) is 1.64. The second kappa shape index (κ2) is 10.2. The number of alkyl halides is 2. The van der Waals surface area contributed by atoms with Crippen molar-refractivity contribution < 1.29 is 23.5 Å².